The lowest BCUT2D eigenvalue weighted by molar-refractivity contribution is 0.426. The van der Waals surface area contributed by atoms with Crippen molar-refractivity contribution in [1.82, 2.24) is 4.57 Å². The molecule has 6 rings (SSSR count). The Labute approximate surface area is 183 Å². The molecule has 4 aromatic carbocycles. The second kappa shape index (κ2) is 7.17. The second-order valence-electron chi connectivity index (χ2n) is 7.67. The smallest absolute Gasteiger partial charge is 0.537 e. The first kappa shape index (κ1) is 19.0. The zero-order chi connectivity index (χ0) is 21.8. The lowest BCUT2D eigenvalue weighted by Crippen LogP contribution is -2.29. The summed E-state index contributed by atoms with van der Waals surface area (Å²) >= 11 is 0. The highest BCUT2D eigenvalue weighted by Crippen LogP contribution is 2.36. The highest BCUT2D eigenvalue weighted by atomic mass is 16.5. The van der Waals surface area contributed by atoms with E-state index in [1.165, 1.54) is 0 Å². The van der Waals surface area contributed by atoms with Gasteiger partial charge in [-0.3, -0.25) is 0 Å². The van der Waals surface area contributed by atoms with Gasteiger partial charge in [0.25, 0.3) is 0 Å². The minimum Gasteiger partial charge on any atom is -0.537 e. The van der Waals surface area contributed by atoms with Crippen LogP contribution in [0.5, 0.6) is 5.75 Å². The van der Waals surface area contributed by atoms with E-state index in [1.54, 1.807) is 18.2 Å². The Morgan fingerprint density at radius 1 is 0.750 bits per heavy atom. The largest absolute Gasteiger partial charge is 0.569 e. The van der Waals surface area contributed by atoms with Crippen LogP contribution >= 0.6 is 0 Å². The molecule has 0 fully saturated rings. The van der Waals surface area contributed by atoms with E-state index in [1.807, 2.05) is 54.6 Å². The number of benzene rings is 4. The number of rotatable bonds is 4. The fourth-order valence-electron chi connectivity index (χ4n) is 4.45. The van der Waals surface area contributed by atoms with Crippen molar-refractivity contribution < 1.29 is 24.1 Å². The van der Waals surface area contributed by atoms with Crippen LogP contribution in [-0.2, 0) is 0 Å². The van der Waals surface area contributed by atoms with Gasteiger partial charge in [0, 0.05) is 27.2 Å². The van der Waals surface area contributed by atoms with E-state index in [-0.39, 0.29) is 0 Å². The zero-order valence-corrected chi connectivity index (χ0v) is 16.8. The van der Waals surface area contributed by atoms with Gasteiger partial charge in [0.2, 0.25) is 0 Å². The molecule has 32 heavy (non-hydrogen) atoms. The highest BCUT2D eigenvalue weighted by molar-refractivity contribution is 6.59. The molecule has 0 bridgehead atoms. The van der Waals surface area contributed by atoms with E-state index in [4.69, 9.17) is 14.1 Å². The van der Waals surface area contributed by atoms with Gasteiger partial charge >= 0.3 is 14.8 Å². The third-order valence-electron chi connectivity index (χ3n) is 5.87. The predicted octanol–water partition coefficient (Wildman–Crippen LogP) is 3.27. The highest BCUT2D eigenvalue weighted by Gasteiger charge is 2.18. The predicted molar refractivity (Wildman–Crippen MR) is 126 cm³/mol. The molecule has 2 aromatic heterocycles. The molecular weight excluding hydrogens is 404 g/mol. The zero-order valence-electron chi connectivity index (χ0n) is 16.8. The molecule has 8 heteroatoms. The van der Waals surface area contributed by atoms with Crippen LogP contribution in [0.25, 0.3) is 49.4 Å². The molecule has 0 amide bonds. The summed E-state index contributed by atoms with van der Waals surface area (Å²) < 4.78 is 13.3. The molecule has 0 saturated carbocycles. The van der Waals surface area contributed by atoms with Gasteiger partial charge in [-0.05, 0) is 54.0 Å². The van der Waals surface area contributed by atoms with Crippen molar-refractivity contribution in [3.63, 3.8) is 0 Å². The SMILES string of the molecule is O[B]Oc1ccc2c(c1)c1cc(B(O)O)ccc1n2-c1ccc2oc3ccccc3c2c1. The fourth-order valence-corrected chi connectivity index (χ4v) is 4.45. The van der Waals surface area contributed by atoms with Gasteiger partial charge in [0.05, 0.1) is 11.0 Å². The maximum atomic E-state index is 9.69. The number of furan rings is 1. The van der Waals surface area contributed by atoms with E-state index in [2.05, 4.69) is 10.6 Å². The maximum absolute atomic E-state index is 9.69. The summed E-state index contributed by atoms with van der Waals surface area (Å²) in [6.45, 7) is 0. The van der Waals surface area contributed by atoms with Crippen molar-refractivity contribution in [2.45, 2.75) is 0 Å². The second-order valence-corrected chi connectivity index (χ2v) is 7.67. The van der Waals surface area contributed by atoms with Gasteiger partial charge in [-0.2, -0.15) is 0 Å². The number of nitrogens with zero attached hydrogens (tertiary/aromatic N) is 1. The first-order valence-corrected chi connectivity index (χ1v) is 10.1. The summed E-state index contributed by atoms with van der Waals surface area (Å²) in [5.41, 5.74) is 4.82. The third-order valence-corrected chi connectivity index (χ3v) is 5.87. The Bertz CT molecular complexity index is 1640. The number of aromatic nitrogens is 1. The van der Waals surface area contributed by atoms with Gasteiger partial charge < -0.3 is 28.7 Å². The number of hydrogen-bond donors (Lipinski definition) is 3. The van der Waals surface area contributed by atoms with E-state index in [0.717, 1.165) is 49.4 Å². The summed E-state index contributed by atoms with van der Waals surface area (Å²) in [6.07, 6.45) is 0. The molecule has 0 aliphatic rings. The van der Waals surface area contributed by atoms with Crippen LogP contribution in [0.4, 0.5) is 0 Å². The summed E-state index contributed by atoms with van der Waals surface area (Å²) in [4.78, 5) is 0. The lowest BCUT2D eigenvalue weighted by Gasteiger charge is -2.09. The van der Waals surface area contributed by atoms with Crippen LogP contribution < -0.4 is 10.1 Å². The molecule has 0 atom stereocenters. The quantitative estimate of drug-likeness (QED) is 0.381. The molecule has 2 heterocycles. The van der Waals surface area contributed by atoms with Gasteiger partial charge in [-0.15, -0.1) is 0 Å². The van der Waals surface area contributed by atoms with E-state index in [9.17, 15) is 10.0 Å². The number of fused-ring (bicyclic) bond motifs is 6. The molecule has 0 aliphatic heterocycles. The summed E-state index contributed by atoms with van der Waals surface area (Å²) in [5, 5.41) is 32.2. The third kappa shape index (κ3) is 2.81. The normalized spacial score (nSPS) is 11.6. The maximum Gasteiger partial charge on any atom is 0.569 e. The Kier molecular flexibility index (Phi) is 4.26. The van der Waals surface area contributed by atoms with Crippen molar-refractivity contribution in [3.05, 3.63) is 78.9 Å². The van der Waals surface area contributed by atoms with Crippen LogP contribution in [0, 0.1) is 0 Å². The Morgan fingerprint density at radius 2 is 1.50 bits per heavy atom. The van der Waals surface area contributed by atoms with Gasteiger partial charge in [0.15, 0.2) is 0 Å². The van der Waals surface area contributed by atoms with Crippen molar-refractivity contribution in [2.24, 2.45) is 0 Å². The Hall–Kier alpha value is -3.71. The average Bonchev–Trinajstić information content (AvgIpc) is 3.33. The van der Waals surface area contributed by atoms with Crippen LogP contribution in [-0.4, -0.2) is 34.4 Å². The molecule has 6 aromatic rings. The van der Waals surface area contributed by atoms with Crippen LogP contribution in [0.2, 0.25) is 0 Å². The standard InChI is InChI=1S/C24H16B2NO5/c28-25-32-16-7-9-22-19(13-16)18-11-14(26(29)30)5-8-21(18)27(22)15-6-10-24-20(12-15)17-3-1-2-4-23(17)31-24/h1-13,28-30H. The van der Waals surface area contributed by atoms with E-state index >= 15 is 0 Å². The Morgan fingerprint density at radius 3 is 2.31 bits per heavy atom. The van der Waals surface area contributed by atoms with Crippen molar-refractivity contribution >= 4 is 64.0 Å². The molecule has 3 N–H and O–H groups in total. The Balaban J connectivity index is 1.68. The minimum absolute atomic E-state index is 0.396. The molecule has 0 saturated heterocycles. The molecule has 0 spiro atoms. The monoisotopic (exact) mass is 420 g/mol. The minimum atomic E-state index is -1.57. The summed E-state index contributed by atoms with van der Waals surface area (Å²) in [6, 6.07) is 24.9. The topological polar surface area (TPSA) is 88.0 Å². The van der Waals surface area contributed by atoms with Gasteiger partial charge in [-0.25, -0.2) is 0 Å². The summed E-state index contributed by atoms with van der Waals surface area (Å²) in [7, 11) is -0.932. The molecule has 153 valence electrons. The number of hydrogen-bond acceptors (Lipinski definition) is 5. The average molecular weight is 420 g/mol. The molecule has 1 radical (unpaired) electrons. The first-order chi connectivity index (χ1) is 15.6. The van der Waals surface area contributed by atoms with Crippen LogP contribution in [0.15, 0.2) is 83.3 Å². The molecule has 0 aliphatic carbocycles. The molecular formula is C24H16B2NO5. The van der Waals surface area contributed by atoms with Gasteiger partial charge in [0.1, 0.15) is 16.9 Å². The molecule has 0 unspecified atom stereocenters. The van der Waals surface area contributed by atoms with Crippen LogP contribution in [0.3, 0.4) is 0 Å². The lowest BCUT2D eigenvalue weighted by atomic mass is 9.80. The first-order valence-electron chi connectivity index (χ1n) is 10.1. The summed E-state index contributed by atoms with van der Waals surface area (Å²) in [5.74, 6) is 0.477. The van der Waals surface area contributed by atoms with Gasteiger partial charge in [-0.1, -0.05) is 30.3 Å². The van der Waals surface area contributed by atoms with E-state index < -0.39 is 7.12 Å². The van der Waals surface area contributed by atoms with Crippen molar-refractivity contribution in [1.29, 1.82) is 0 Å². The van der Waals surface area contributed by atoms with Crippen LogP contribution in [0.1, 0.15) is 0 Å². The molecule has 6 nitrogen and oxygen atoms in total. The van der Waals surface area contributed by atoms with E-state index in [0.29, 0.717) is 18.9 Å². The van der Waals surface area contributed by atoms with Crippen molar-refractivity contribution in [2.75, 3.05) is 0 Å². The number of para-hydroxylation sites is 1. The van der Waals surface area contributed by atoms with Crippen molar-refractivity contribution in [3.8, 4) is 11.4 Å². The fraction of sp³-hybridized carbons (Fsp3) is 0.